The van der Waals surface area contributed by atoms with Crippen molar-refractivity contribution in [1.82, 2.24) is 10.2 Å². The molecular formula is C25H25N3O6. The number of likely N-dealkylation sites (tertiary alicyclic amines) is 1. The fourth-order valence-corrected chi connectivity index (χ4v) is 3.99. The molecule has 3 aromatic rings. The van der Waals surface area contributed by atoms with E-state index in [1.165, 1.54) is 11.0 Å². The van der Waals surface area contributed by atoms with Gasteiger partial charge < -0.3 is 24.7 Å². The van der Waals surface area contributed by atoms with Crippen molar-refractivity contribution < 1.29 is 23.5 Å². The average Bonchev–Trinajstić information content (AvgIpc) is 3.32. The molecule has 0 radical (unpaired) electrons. The van der Waals surface area contributed by atoms with Crippen LogP contribution < -0.4 is 16.3 Å². The summed E-state index contributed by atoms with van der Waals surface area (Å²) in [4.78, 5) is 50.6. The fraction of sp³-hybridized carbons (Fsp3) is 0.280. The lowest BCUT2D eigenvalue weighted by atomic mass is 10.1. The summed E-state index contributed by atoms with van der Waals surface area (Å²) >= 11 is 0. The quantitative estimate of drug-likeness (QED) is 0.540. The normalized spacial score (nSPS) is 15.2. The number of nitrogens with zero attached hydrogens (tertiary/aromatic N) is 1. The summed E-state index contributed by atoms with van der Waals surface area (Å²) in [7, 11) is 0. The van der Waals surface area contributed by atoms with E-state index in [9.17, 15) is 19.2 Å². The molecule has 1 saturated heterocycles. The van der Waals surface area contributed by atoms with Crippen LogP contribution in [0.1, 0.15) is 24.0 Å². The van der Waals surface area contributed by atoms with Crippen LogP contribution in [0.3, 0.4) is 0 Å². The van der Waals surface area contributed by atoms with E-state index in [1.807, 2.05) is 37.3 Å². The number of benzene rings is 2. The van der Waals surface area contributed by atoms with Crippen LogP contribution in [0.25, 0.3) is 11.0 Å². The number of Topliss-reactive ketones (excluding diaryl/α,β-unsaturated/α-hetero) is 1. The molecule has 9 nitrogen and oxygen atoms in total. The van der Waals surface area contributed by atoms with Crippen LogP contribution in [0.4, 0.5) is 15.3 Å². The van der Waals surface area contributed by atoms with Gasteiger partial charge in [-0.05, 0) is 43.0 Å². The maximum Gasteiger partial charge on any atom is 0.407 e. The summed E-state index contributed by atoms with van der Waals surface area (Å²) in [5.41, 5.74) is 1.98. The average molecular weight is 463 g/mol. The lowest BCUT2D eigenvalue weighted by Gasteiger charge is -2.24. The van der Waals surface area contributed by atoms with Crippen LogP contribution in [-0.4, -0.2) is 41.9 Å². The highest BCUT2D eigenvalue weighted by molar-refractivity contribution is 5.97. The Balaban J connectivity index is 1.32. The first-order chi connectivity index (χ1) is 16.4. The molecule has 0 spiro atoms. The zero-order valence-electron chi connectivity index (χ0n) is 18.7. The van der Waals surface area contributed by atoms with E-state index in [0.29, 0.717) is 30.7 Å². The van der Waals surface area contributed by atoms with Gasteiger partial charge in [-0.3, -0.25) is 4.79 Å². The Bertz CT molecular complexity index is 1270. The molecule has 0 unspecified atom stereocenters. The van der Waals surface area contributed by atoms with Gasteiger partial charge >= 0.3 is 17.7 Å². The number of anilines is 1. The first-order valence-electron chi connectivity index (χ1n) is 11.0. The van der Waals surface area contributed by atoms with Crippen molar-refractivity contribution >= 4 is 34.6 Å². The van der Waals surface area contributed by atoms with E-state index in [2.05, 4.69) is 10.6 Å². The summed E-state index contributed by atoms with van der Waals surface area (Å²) < 4.78 is 10.3. The summed E-state index contributed by atoms with van der Waals surface area (Å²) in [6.07, 6.45) is 0.492. The van der Waals surface area contributed by atoms with Crippen LogP contribution in [0.2, 0.25) is 0 Å². The molecule has 3 amide bonds. The molecule has 176 valence electrons. The maximum atomic E-state index is 12.9. The van der Waals surface area contributed by atoms with Crippen molar-refractivity contribution in [2.75, 3.05) is 18.4 Å². The van der Waals surface area contributed by atoms with Crippen molar-refractivity contribution in [2.24, 2.45) is 0 Å². The number of hydrogen-bond acceptors (Lipinski definition) is 6. The Kier molecular flexibility index (Phi) is 6.91. The van der Waals surface area contributed by atoms with Crippen LogP contribution in [0.15, 0.2) is 63.8 Å². The van der Waals surface area contributed by atoms with E-state index < -0.39 is 23.8 Å². The molecule has 1 aliphatic rings. The predicted molar refractivity (Wildman–Crippen MR) is 126 cm³/mol. The van der Waals surface area contributed by atoms with Gasteiger partial charge in [0.2, 0.25) is 0 Å². The van der Waals surface area contributed by atoms with Gasteiger partial charge in [-0.2, -0.15) is 0 Å². The Morgan fingerprint density at radius 3 is 2.71 bits per heavy atom. The van der Waals surface area contributed by atoms with Gasteiger partial charge in [0.1, 0.15) is 12.2 Å². The van der Waals surface area contributed by atoms with Gasteiger partial charge in [-0.1, -0.05) is 30.3 Å². The lowest BCUT2D eigenvalue weighted by Crippen LogP contribution is -2.46. The minimum Gasteiger partial charge on any atom is -0.445 e. The van der Waals surface area contributed by atoms with Crippen LogP contribution in [0, 0.1) is 6.92 Å². The highest BCUT2D eigenvalue weighted by atomic mass is 16.5. The van der Waals surface area contributed by atoms with E-state index in [-0.39, 0.29) is 18.9 Å². The molecule has 4 rings (SSSR count). The molecule has 2 heterocycles. The second kappa shape index (κ2) is 10.2. The smallest absolute Gasteiger partial charge is 0.407 e. The molecule has 1 aromatic heterocycles. The number of hydrogen-bond donors (Lipinski definition) is 2. The summed E-state index contributed by atoms with van der Waals surface area (Å²) in [5, 5.41) is 6.00. The Labute approximate surface area is 195 Å². The molecule has 2 N–H and O–H groups in total. The third-order valence-corrected chi connectivity index (χ3v) is 5.71. The fourth-order valence-electron chi connectivity index (χ4n) is 3.99. The third kappa shape index (κ3) is 5.43. The van der Waals surface area contributed by atoms with Crippen molar-refractivity contribution in [3.05, 3.63) is 76.1 Å². The van der Waals surface area contributed by atoms with Gasteiger partial charge in [0.15, 0.2) is 5.78 Å². The molecular weight excluding hydrogens is 438 g/mol. The van der Waals surface area contributed by atoms with Gasteiger partial charge in [0, 0.05) is 29.8 Å². The van der Waals surface area contributed by atoms with Crippen molar-refractivity contribution in [2.45, 2.75) is 32.4 Å². The molecule has 1 aliphatic heterocycles. The second-order valence-corrected chi connectivity index (χ2v) is 8.12. The first kappa shape index (κ1) is 23.0. The molecule has 0 saturated carbocycles. The van der Waals surface area contributed by atoms with E-state index in [0.717, 1.165) is 16.5 Å². The van der Waals surface area contributed by atoms with E-state index in [4.69, 9.17) is 9.15 Å². The number of carbonyl (C=O) groups excluding carboxylic acids is 3. The Morgan fingerprint density at radius 1 is 1.12 bits per heavy atom. The largest absolute Gasteiger partial charge is 0.445 e. The van der Waals surface area contributed by atoms with Gasteiger partial charge in [0.05, 0.1) is 12.6 Å². The lowest BCUT2D eigenvalue weighted by molar-refractivity contribution is -0.121. The van der Waals surface area contributed by atoms with Crippen LogP contribution in [-0.2, 0) is 16.1 Å². The number of ether oxygens (including phenoxy) is 1. The number of aryl methyl sites for hydroxylation is 1. The summed E-state index contributed by atoms with van der Waals surface area (Å²) in [5.74, 6) is -0.274. The first-order valence-corrected chi connectivity index (χ1v) is 11.0. The molecule has 1 atom stereocenters. The topological polar surface area (TPSA) is 118 Å². The van der Waals surface area contributed by atoms with Crippen LogP contribution >= 0.6 is 0 Å². The molecule has 0 aliphatic carbocycles. The van der Waals surface area contributed by atoms with E-state index in [1.54, 1.807) is 18.2 Å². The second-order valence-electron chi connectivity index (χ2n) is 8.12. The number of rotatable bonds is 6. The maximum absolute atomic E-state index is 12.9. The molecule has 2 aromatic carbocycles. The third-order valence-electron chi connectivity index (χ3n) is 5.71. The number of alkyl carbamates (subject to hydrolysis) is 1. The van der Waals surface area contributed by atoms with Gasteiger partial charge in [0.25, 0.3) is 0 Å². The molecule has 9 heteroatoms. The number of urea groups is 1. The summed E-state index contributed by atoms with van der Waals surface area (Å²) in [6.45, 7) is 2.10. The number of nitrogens with one attached hydrogen (secondary N) is 2. The predicted octanol–water partition coefficient (Wildman–Crippen LogP) is 3.59. The zero-order valence-corrected chi connectivity index (χ0v) is 18.7. The van der Waals surface area contributed by atoms with Gasteiger partial charge in [-0.25, -0.2) is 14.4 Å². The minimum absolute atomic E-state index is 0.101. The zero-order chi connectivity index (χ0) is 24.1. The monoisotopic (exact) mass is 463 g/mol. The number of amides is 3. The van der Waals surface area contributed by atoms with Crippen LogP contribution in [0.5, 0.6) is 0 Å². The molecule has 0 bridgehead atoms. The number of fused-ring (bicyclic) bond motifs is 1. The van der Waals surface area contributed by atoms with Crippen molar-refractivity contribution in [3.8, 4) is 0 Å². The highest BCUT2D eigenvalue weighted by Crippen LogP contribution is 2.23. The Hall–Kier alpha value is -4.14. The SMILES string of the molecule is Cc1cc(=O)oc2cc(NC(=O)N3CCC[C@H]3C(=O)CNC(=O)OCc3ccccc3)ccc12. The standard InChI is InChI=1S/C25H25N3O6/c1-16-12-23(30)34-22-13-18(9-10-19(16)22)27-24(31)28-11-5-8-20(28)21(29)14-26-25(32)33-15-17-6-3-2-4-7-17/h2-4,6-7,9-10,12-13,20H,5,8,11,14-15H2,1H3,(H,26,32)(H,27,31)/t20-/m0/s1. The Morgan fingerprint density at radius 2 is 1.91 bits per heavy atom. The minimum atomic E-state index is -0.695. The van der Waals surface area contributed by atoms with Gasteiger partial charge in [-0.15, -0.1) is 0 Å². The summed E-state index contributed by atoms with van der Waals surface area (Å²) in [6, 6.07) is 14.6. The molecule has 1 fully saturated rings. The highest BCUT2D eigenvalue weighted by Gasteiger charge is 2.34. The number of carbonyl (C=O) groups is 3. The van der Waals surface area contributed by atoms with Crippen molar-refractivity contribution in [3.63, 3.8) is 0 Å². The van der Waals surface area contributed by atoms with Crippen molar-refractivity contribution in [1.29, 1.82) is 0 Å². The van der Waals surface area contributed by atoms with E-state index >= 15 is 0 Å². The number of ketones is 1. The molecule has 34 heavy (non-hydrogen) atoms.